The first-order valence-electron chi connectivity index (χ1n) is 20.5. The van der Waals surface area contributed by atoms with Crippen LogP contribution in [0.3, 0.4) is 0 Å². The predicted octanol–water partition coefficient (Wildman–Crippen LogP) is 4.83. The minimum absolute atomic E-state index is 0.0850. The number of aliphatic hydroxyl groups is 1. The zero-order valence-corrected chi connectivity index (χ0v) is 36.4. The van der Waals surface area contributed by atoms with Crippen molar-refractivity contribution in [1.82, 2.24) is 4.90 Å². The topological polar surface area (TPSA) is 190 Å². The monoisotopic (exact) mass is 847 g/mol. The smallest absolute Gasteiger partial charge is 0.338 e. The molecule has 4 aliphatic rings. The average Bonchev–Trinajstić information content (AvgIpc) is 3.17. The lowest BCUT2D eigenvalue weighted by Gasteiger charge is -2.69. The number of hydrogen-bond donors (Lipinski definition) is 1. The summed E-state index contributed by atoms with van der Waals surface area (Å²) in [5.41, 5.74) is -5.61. The fourth-order valence-corrected chi connectivity index (χ4v) is 10.6. The zero-order chi connectivity index (χ0) is 44.8. The summed E-state index contributed by atoms with van der Waals surface area (Å²) >= 11 is 0. The summed E-state index contributed by atoms with van der Waals surface area (Å²) in [6.07, 6.45) is -8.74. The number of hydrogen-bond acceptors (Lipinski definition) is 15. The van der Waals surface area contributed by atoms with Gasteiger partial charge in [0.25, 0.3) is 0 Å². The van der Waals surface area contributed by atoms with Crippen molar-refractivity contribution in [2.75, 3.05) is 20.7 Å². The van der Waals surface area contributed by atoms with Crippen LogP contribution in [-0.2, 0) is 57.1 Å². The highest BCUT2D eigenvalue weighted by Crippen LogP contribution is 2.66. The molecule has 15 nitrogen and oxygen atoms in total. The number of carbonyl (C=O) groups is 6. The standard InChI is InChI=1S/C46H57NO14/c1-25-33(59-36(52)21-32(47(9)10)30-17-13-11-14-18-30)23-46(54)41(58-28(4)50)39-44(8,34(56-26(2)48)22-35-45(39,24-55-35)61-29(5)51)40(57-27(3)49)38(37(25)43(46,6)7)60-42(53)31-19-15-12-16-20-31/h11-20,32-35,38-41,54H,21-24H2,1-10H3/t32-,33+,34+,35-,38-,39+,40-,41-,44-,45+,46-/m1/s1. The molecule has 0 spiro atoms. The lowest BCUT2D eigenvalue weighted by atomic mass is 9.44. The van der Waals surface area contributed by atoms with Crippen LogP contribution in [0.15, 0.2) is 71.8 Å². The lowest BCUT2D eigenvalue weighted by Crippen LogP contribution is -2.82. The Hall–Kier alpha value is -5.12. The molecule has 2 saturated carbocycles. The van der Waals surface area contributed by atoms with Crippen molar-refractivity contribution in [3.63, 3.8) is 0 Å². The summed E-state index contributed by atoms with van der Waals surface area (Å²) in [5.74, 6) is -5.92. The Bertz CT molecular complexity index is 2070. The molecule has 3 aliphatic carbocycles. The van der Waals surface area contributed by atoms with Crippen molar-refractivity contribution in [1.29, 1.82) is 0 Å². The molecule has 0 aromatic heterocycles. The first-order valence-corrected chi connectivity index (χ1v) is 20.5. The first-order chi connectivity index (χ1) is 28.6. The second kappa shape index (κ2) is 17.0. The van der Waals surface area contributed by atoms with Gasteiger partial charge >= 0.3 is 35.8 Å². The van der Waals surface area contributed by atoms with E-state index in [0.717, 1.165) is 12.5 Å². The van der Waals surface area contributed by atoms with Gasteiger partial charge in [0.1, 0.15) is 30.0 Å². The molecule has 1 saturated heterocycles. The van der Waals surface area contributed by atoms with Crippen molar-refractivity contribution in [2.24, 2.45) is 16.7 Å². The number of ether oxygens (including phenoxy) is 7. The normalized spacial score (nSPS) is 32.9. The highest BCUT2D eigenvalue weighted by atomic mass is 16.6. The molecule has 3 fully saturated rings. The maximum Gasteiger partial charge on any atom is 0.338 e. The van der Waals surface area contributed by atoms with Gasteiger partial charge in [0.05, 0.1) is 29.9 Å². The molecule has 61 heavy (non-hydrogen) atoms. The number of fused-ring (bicyclic) bond motifs is 5. The van der Waals surface area contributed by atoms with Gasteiger partial charge in [-0.25, -0.2) is 4.79 Å². The van der Waals surface area contributed by atoms with Crippen LogP contribution in [0.5, 0.6) is 0 Å². The quantitative estimate of drug-likeness (QED) is 0.184. The van der Waals surface area contributed by atoms with E-state index >= 15 is 0 Å². The SMILES string of the molecule is CC(=O)O[C@H]1C[C@H]2OC[C@@]2(OC(C)=O)[C@H]2[C@@H](OC(C)=O)[C@]3(O)C[C@H](OC(=O)C[C@H](c4ccccc4)N(C)C)C(C)=C([C@@H](OC(=O)c4ccccc4)[C@@H](OC(C)=O)[C@]12C)C3(C)C. The van der Waals surface area contributed by atoms with Gasteiger partial charge < -0.3 is 43.2 Å². The third-order valence-corrected chi connectivity index (χ3v) is 13.4. The number of rotatable bonds is 11. The molecule has 2 bridgehead atoms. The van der Waals surface area contributed by atoms with E-state index in [9.17, 15) is 33.9 Å². The van der Waals surface area contributed by atoms with E-state index in [2.05, 4.69) is 0 Å². The number of carbonyl (C=O) groups excluding carboxylic acids is 6. The highest BCUT2D eigenvalue weighted by Gasteiger charge is 2.79. The predicted molar refractivity (Wildman–Crippen MR) is 216 cm³/mol. The van der Waals surface area contributed by atoms with Crippen LogP contribution in [0.2, 0.25) is 0 Å². The summed E-state index contributed by atoms with van der Waals surface area (Å²) in [5, 5.41) is 13.8. The van der Waals surface area contributed by atoms with Crippen molar-refractivity contribution in [3.8, 4) is 0 Å². The van der Waals surface area contributed by atoms with Crippen molar-refractivity contribution in [2.45, 2.75) is 129 Å². The fraction of sp³-hybridized carbons (Fsp3) is 0.565. The summed E-state index contributed by atoms with van der Waals surface area (Å²) < 4.78 is 43.8. The summed E-state index contributed by atoms with van der Waals surface area (Å²) in [4.78, 5) is 83.6. The maximum atomic E-state index is 14.4. The van der Waals surface area contributed by atoms with Gasteiger partial charge in [-0.2, -0.15) is 0 Å². The fourth-order valence-electron chi connectivity index (χ4n) is 10.6. The third-order valence-electron chi connectivity index (χ3n) is 13.4. The molecule has 1 aliphatic heterocycles. The Morgan fingerprint density at radius 2 is 1.36 bits per heavy atom. The molecule has 6 rings (SSSR count). The molecule has 0 radical (unpaired) electrons. The molecule has 2 aromatic rings. The number of esters is 6. The van der Waals surface area contributed by atoms with Crippen LogP contribution in [0.1, 0.15) is 96.6 Å². The van der Waals surface area contributed by atoms with E-state index in [-0.39, 0.29) is 37.0 Å². The van der Waals surface area contributed by atoms with Crippen molar-refractivity contribution < 1.29 is 67.0 Å². The molecule has 11 atom stereocenters. The number of nitrogens with zero attached hydrogens (tertiary/aromatic N) is 1. The second-order valence-corrected chi connectivity index (χ2v) is 17.7. The van der Waals surface area contributed by atoms with E-state index in [1.165, 1.54) is 20.8 Å². The van der Waals surface area contributed by atoms with Crippen LogP contribution >= 0.6 is 0 Å². The van der Waals surface area contributed by atoms with Gasteiger partial charge in [-0.05, 0) is 49.9 Å². The van der Waals surface area contributed by atoms with E-state index in [0.29, 0.717) is 5.57 Å². The van der Waals surface area contributed by atoms with E-state index in [1.807, 2.05) is 49.3 Å². The van der Waals surface area contributed by atoms with Crippen molar-refractivity contribution in [3.05, 3.63) is 82.9 Å². The Balaban J connectivity index is 1.65. The first kappa shape index (κ1) is 45.4. The van der Waals surface area contributed by atoms with Gasteiger partial charge in [0.15, 0.2) is 17.8 Å². The van der Waals surface area contributed by atoms with E-state index < -0.39 is 106 Å². The van der Waals surface area contributed by atoms with Crippen LogP contribution < -0.4 is 0 Å². The van der Waals surface area contributed by atoms with Crippen LogP contribution in [0.4, 0.5) is 0 Å². The summed E-state index contributed by atoms with van der Waals surface area (Å²) in [6.45, 7) is 11.1. The van der Waals surface area contributed by atoms with E-state index in [1.54, 1.807) is 58.0 Å². The molecule has 1 N–H and O–H groups in total. The molecule has 330 valence electrons. The molecule has 2 aromatic carbocycles. The van der Waals surface area contributed by atoms with Gasteiger partial charge in [0, 0.05) is 52.0 Å². The van der Waals surface area contributed by atoms with Crippen LogP contribution in [-0.4, -0.2) is 114 Å². The summed E-state index contributed by atoms with van der Waals surface area (Å²) in [7, 11) is 3.68. The third kappa shape index (κ3) is 8.07. The minimum atomic E-state index is -2.23. The Morgan fingerprint density at radius 3 is 1.89 bits per heavy atom. The largest absolute Gasteiger partial charge is 0.462 e. The molecule has 0 unspecified atom stereocenters. The molecular formula is C46H57NO14. The number of benzene rings is 2. The van der Waals surface area contributed by atoms with Crippen LogP contribution in [0.25, 0.3) is 0 Å². The minimum Gasteiger partial charge on any atom is -0.462 e. The molecule has 1 heterocycles. The molecule has 0 amide bonds. The Kier molecular flexibility index (Phi) is 12.6. The van der Waals surface area contributed by atoms with Gasteiger partial charge in [0.2, 0.25) is 0 Å². The van der Waals surface area contributed by atoms with E-state index in [4.69, 9.17) is 33.2 Å². The maximum absolute atomic E-state index is 14.4. The van der Waals surface area contributed by atoms with Gasteiger partial charge in [-0.1, -0.05) is 69.3 Å². The molecular weight excluding hydrogens is 790 g/mol. The Labute approximate surface area is 356 Å². The molecule has 15 heteroatoms. The summed E-state index contributed by atoms with van der Waals surface area (Å²) in [6, 6.07) is 17.1. The van der Waals surface area contributed by atoms with Crippen LogP contribution in [0, 0.1) is 16.7 Å². The lowest BCUT2D eigenvalue weighted by molar-refractivity contribution is -0.366. The second-order valence-electron chi connectivity index (χ2n) is 17.7. The highest BCUT2D eigenvalue weighted by molar-refractivity contribution is 5.89. The zero-order valence-electron chi connectivity index (χ0n) is 36.4. The van der Waals surface area contributed by atoms with Gasteiger partial charge in [-0.15, -0.1) is 0 Å². The van der Waals surface area contributed by atoms with Gasteiger partial charge in [-0.3, -0.25) is 24.0 Å². The van der Waals surface area contributed by atoms with Crippen molar-refractivity contribution >= 4 is 35.8 Å². The Morgan fingerprint density at radius 1 is 0.787 bits per heavy atom. The average molecular weight is 848 g/mol.